The minimum Gasteiger partial charge on any atom is -0.301 e. The van der Waals surface area contributed by atoms with E-state index in [1.54, 1.807) is 25.3 Å². The first-order chi connectivity index (χ1) is 9.47. The summed E-state index contributed by atoms with van der Waals surface area (Å²) in [6.45, 7) is 1.69. The third-order valence-corrected chi connectivity index (χ3v) is 4.07. The largest absolute Gasteiger partial charge is 0.301 e. The Labute approximate surface area is 127 Å². The fourth-order valence-corrected chi connectivity index (χ4v) is 2.69. The zero-order chi connectivity index (χ0) is 14.7. The summed E-state index contributed by atoms with van der Waals surface area (Å²) in [5, 5.41) is 13.9. The van der Waals surface area contributed by atoms with Crippen LogP contribution in [0.3, 0.4) is 0 Å². The van der Waals surface area contributed by atoms with Gasteiger partial charge in [0.25, 0.3) is 5.69 Å². The van der Waals surface area contributed by atoms with Crippen molar-refractivity contribution in [1.82, 2.24) is 4.98 Å². The Morgan fingerprint density at radius 2 is 2.30 bits per heavy atom. The van der Waals surface area contributed by atoms with Crippen molar-refractivity contribution in [1.29, 1.82) is 0 Å². The lowest BCUT2D eigenvalue weighted by Crippen LogP contribution is -2.18. The van der Waals surface area contributed by atoms with Crippen LogP contribution in [0, 0.1) is 10.1 Å². The van der Waals surface area contributed by atoms with Crippen molar-refractivity contribution in [3.05, 3.63) is 49.9 Å². The van der Waals surface area contributed by atoms with Crippen LogP contribution in [0.25, 0.3) is 0 Å². The maximum absolute atomic E-state index is 12.1. The minimum absolute atomic E-state index is 0.0286. The van der Waals surface area contributed by atoms with Crippen LogP contribution < -0.4 is 5.32 Å². The number of aromatic nitrogens is 1. The third-order valence-electron chi connectivity index (χ3n) is 2.68. The lowest BCUT2D eigenvalue weighted by atomic mass is 10.00. The summed E-state index contributed by atoms with van der Waals surface area (Å²) in [5.74, 6) is -0.759. The molecule has 0 spiro atoms. The van der Waals surface area contributed by atoms with Crippen molar-refractivity contribution in [3.8, 4) is 0 Å². The number of hydrogen-bond donors (Lipinski definition) is 1. The fraction of sp³-hybridized carbons (Fsp3) is 0.167. The van der Waals surface area contributed by atoms with Crippen molar-refractivity contribution in [2.24, 2.45) is 0 Å². The van der Waals surface area contributed by atoms with Gasteiger partial charge in [-0.05, 0) is 28.4 Å². The predicted molar refractivity (Wildman–Crippen MR) is 80.0 cm³/mol. The van der Waals surface area contributed by atoms with Crippen molar-refractivity contribution in [2.45, 2.75) is 12.8 Å². The number of nitro groups is 1. The van der Waals surface area contributed by atoms with E-state index in [0.29, 0.717) is 10.7 Å². The predicted octanol–water partition coefficient (Wildman–Crippen LogP) is 3.56. The Morgan fingerprint density at radius 1 is 1.55 bits per heavy atom. The number of amides is 1. The maximum Gasteiger partial charge on any atom is 0.269 e. The molecule has 1 amide bonds. The standard InChI is InChI=1S/C12H10BrN3O3S/c1-7(8-3-2-4-9(5-8)16(18)19)11(17)15-12-14-6-10(13)20-12/h2-7H,1H3,(H,14,15,17). The number of hydrogen-bond acceptors (Lipinski definition) is 5. The molecule has 0 saturated carbocycles. The van der Waals surface area contributed by atoms with E-state index in [9.17, 15) is 14.9 Å². The van der Waals surface area contributed by atoms with E-state index >= 15 is 0 Å². The highest BCUT2D eigenvalue weighted by atomic mass is 79.9. The van der Waals surface area contributed by atoms with Gasteiger partial charge in [-0.1, -0.05) is 23.5 Å². The number of nitro benzene ring substituents is 1. The first-order valence-electron chi connectivity index (χ1n) is 5.64. The summed E-state index contributed by atoms with van der Waals surface area (Å²) in [6.07, 6.45) is 1.60. The molecule has 2 rings (SSSR count). The van der Waals surface area contributed by atoms with Gasteiger partial charge in [0.05, 0.1) is 20.8 Å². The van der Waals surface area contributed by atoms with Gasteiger partial charge in [-0.15, -0.1) is 0 Å². The normalized spacial score (nSPS) is 11.9. The number of carbonyl (C=O) groups excluding carboxylic acids is 1. The number of anilines is 1. The Balaban J connectivity index is 2.14. The topological polar surface area (TPSA) is 85.1 Å². The molecule has 0 aliphatic rings. The molecule has 0 aliphatic carbocycles. The number of non-ortho nitro benzene ring substituents is 1. The number of nitrogens with one attached hydrogen (secondary N) is 1. The Bertz CT molecular complexity index is 659. The highest BCUT2D eigenvalue weighted by molar-refractivity contribution is 9.11. The van der Waals surface area contributed by atoms with E-state index < -0.39 is 10.8 Å². The van der Waals surface area contributed by atoms with Crippen LogP contribution in [0.4, 0.5) is 10.8 Å². The molecule has 1 heterocycles. The number of benzene rings is 1. The number of nitrogens with zero attached hydrogens (tertiary/aromatic N) is 2. The smallest absolute Gasteiger partial charge is 0.269 e. The van der Waals surface area contributed by atoms with Gasteiger partial charge in [-0.3, -0.25) is 14.9 Å². The number of carbonyl (C=O) groups is 1. The second kappa shape index (κ2) is 6.10. The molecule has 0 fully saturated rings. The average Bonchev–Trinajstić information content (AvgIpc) is 2.83. The molecule has 0 aliphatic heterocycles. The number of thiazole rings is 1. The van der Waals surface area contributed by atoms with Crippen molar-refractivity contribution in [3.63, 3.8) is 0 Å². The van der Waals surface area contributed by atoms with Gasteiger partial charge in [0.15, 0.2) is 5.13 Å². The van der Waals surface area contributed by atoms with Crippen LogP contribution in [0.2, 0.25) is 0 Å². The molecule has 0 radical (unpaired) electrons. The van der Waals surface area contributed by atoms with Gasteiger partial charge in [0.1, 0.15) is 0 Å². The Morgan fingerprint density at radius 3 is 2.90 bits per heavy atom. The molecule has 1 atom stereocenters. The lowest BCUT2D eigenvalue weighted by molar-refractivity contribution is -0.384. The van der Waals surface area contributed by atoms with E-state index in [0.717, 1.165) is 3.79 Å². The van der Waals surface area contributed by atoms with Gasteiger partial charge in [0.2, 0.25) is 5.91 Å². The second-order valence-corrected chi connectivity index (χ2v) is 6.44. The van der Waals surface area contributed by atoms with Crippen LogP contribution in [0.1, 0.15) is 18.4 Å². The summed E-state index contributed by atoms with van der Waals surface area (Å²) in [4.78, 5) is 26.3. The van der Waals surface area contributed by atoms with Gasteiger partial charge < -0.3 is 5.32 Å². The molecule has 1 aromatic carbocycles. The molecular formula is C12H10BrN3O3S. The quantitative estimate of drug-likeness (QED) is 0.671. The van der Waals surface area contributed by atoms with Crippen LogP contribution in [-0.4, -0.2) is 15.8 Å². The zero-order valence-corrected chi connectivity index (χ0v) is 12.8. The molecule has 0 bridgehead atoms. The second-order valence-electron chi connectivity index (χ2n) is 4.03. The van der Waals surface area contributed by atoms with Crippen molar-refractivity contribution in [2.75, 3.05) is 5.32 Å². The van der Waals surface area contributed by atoms with E-state index in [1.807, 2.05) is 0 Å². The molecule has 2 aromatic rings. The molecule has 1 aromatic heterocycles. The summed E-state index contributed by atoms with van der Waals surface area (Å²) in [6, 6.07) is 6.06. The number of rotatable bonds is 4. The van der Waals surface area contributed by atoms with Gasteiger partial charge in [-0.2, -0.15) is 0 Å². The monoisotopic (exact) mass is 355 g/mol. The van der Waals surface area contributed by atoms with Gasteiger partial charge >= 0.3 is 0 Å². The van der Waals surface area contributed by atoms with Crippen molar-refractivity contribution >= 4 is 44.0 Å². The molecular weight excluding hydrogens is 346 g/mol. The van der Waals surface area contributed by atoms with Crippen molar-refractivity contribution < 1.29 is 9.72 Å². The minimum atomic E-state index is -0.502. The SMILES string of the molecule is CC(C(=O)Nc1ncc(Br)s1)c1cccc([N+](=O)[O-])c1. The van der Waals surface area contributed by atoms with E-state index in [-0.39, 0.29) is 11.6 Å². The lowest BCUT2D eigenvalue weighted by Gasteiger charge is -2.10. The van der Waals surface area contributed by atoms with Crippen LogP contribution in [0.5, 0.6) is 0 Å². The average molecular weight is 356 g/mol. The maximum atomic E-state index is 12.1. The van der Waals surface area contributed by atoms with Crippen LogP contribution in [0.15, 0.2) is 34.2 Å². The summed E-state index contributed by atoms with van der Waals surface area (Å²) in [7, 11) is 0. The van der Waals surface area contributed by atoms with Gasteiger partial charge in [0, 0.05) is 12.1 Å². The molecule has 8 heteroatoms. The van der Waals surface area contributed by atoms with E-state index in [1.165, 1.54) is 23.5 Å². The van der Waals surface area contributed by atoms with Crippen LogP contribution in [-0.2, 0) is 4.79 Å². The first-order valence-corrected chi connectivity index (χ1v) is 7.25. The zero-order valence-electron chi connectivity index (χ0n) is 10.4. The molecule has 6 nitrogen and oxygen atoms in total. The molecule has 1 N–H and O–H groups in total. The highest BCUT2D eigenvalue weighted by Gasteiger charge is 2.18. The first kappa shape index (κ1) is 14.6. The summed E-state index contributed by atoms with van der Waals surface area (Å²) < 4.78 is 0.816. The van der Waals surface area contributed by atoms with Crippen LogP contribution >= 0.6 is 27.3 Å². The van der Waals surface area contributed by atoms with Gasteiger partial charge in [-0.25, -0.2) is 4.98 Å². The molecule has 104 valence electrons. The summed E-state index contributed by atoms with van der Waals surface area (Å²) >= 11 is 4.56. The molecule has 20 heavy (non-hydrogen) atoms. The summed E-state index contributed by atoms with van der Waals surface area (Å²) in [5.41, 5.74) is 0.562. The molecule has 1 unspecified atom stereocenters. The fourth-order valence-electron chi connectivity index (χ4n) is 1.58. The Hall–Kier alpha value is -1.80. The third kappa shape index (κ3) is 3.40. The van der Waals surface area contributed by atoms with E-state index in [4.69, 9.17) is 0 Å². The van der Waals surface area contributed by atoms with E-state index in [2.05, 4.69) is 26.2 Å². The number of halogens is 1. The molecule has 0 saturated heterocycles. The Kier molecular flexibility index (Phi) is 4.46. The highest BCUT2D eigenvalue weighted by Crippen LogP contribution is 2.26.